The lowest BCUT2D eigenvalue weighted by Gasteiger charge is -2.22. The highest BCUT2D eigenvalue weighted by molar-refractivity contribution is 7.81. The summed E-state index contributed by atoms with van der Waals surface area (Å²) < 4.78 is 0. The first-order valence-corrected chi connectivity index (χ1v) is 9.76. The van der Waals surface area contributed by atoms with Crippen molar-refractivity contribution in [3.05, 3.63) is 84.4 Å². The van der Waals surface area contributed by atoms with Gasteiger partial charge in [0.25, 0.3) is 5.69 Å². The molecule has 0 aliphatic rings. The van der Waals surface area contributed by atoms with E-state index >= 15 is 0 Å². The Bertz CT molecular complexity index is 1070. The fourth-order valence-corrected chi connectivity index (χ4v) is 3.78. The van der Waals surface area contributed by atoms with Crippen LogP contribution in [-0.2, 0) is 6.42 Å². The number of primary amides is 1. The van der Waals surface area contributed by atoms with Gasteiger partial charge < -0.3 is 17.2 Å². The number of nitrogens with zero attached hydrogens (tertiary/aromatic N) is 2. The minimum Gasteiger partial charge on any atom is -0.389 e. The van der Waals surface area contributed by atoms with Gasteiger partial charge in [0, 0.05) is 40.2 Å². The molecule has 6 N–H and O–H groups in total. The quantitative estimate of drug-likeness (QED) is 0.270. The predicted octanol–water partition coefficient (Wildman–Crippen LogP) is 1.96. The Morgan fingerprint density at radius 2 is 1.52 bits per heavy atom. The SMILES string of the molecule is NC(=O)c1ccc(C(CC[N+](=O)[O-])Cc2ccc([N+](=O)[O-])cc2)c(C(N)=S)c1C(N)=S. The number of amides is 1. The van der Waals surface area contributed by atoms with Crippen LogP contribution in [-0.4, -0.2) is 32.3 Å². The molecule has 162 valence electrons. The summed E-state index contributed by atoms with van der Waals surface area (Å²) in [5.74, 6) is -1.23. The minimum atomic E-state index is -0.774. The van der Waals surface area contributed by atoms with Crippen molar-refractivity contribution in [3.8, 4) is 0 Å². The van der Waals surface area contributed by atoms with Crippen LogP contribution in [0.3, 0.4) is 0 Å². The predicted molar refractivity (Wildman–Crippen MR) is 123 cm³/mol. The molecule has 0 aliphatic heterocycles. The van der Waals surface area contributed by atoms with Crippen molar-refractivity contribution in [3.63, 3.8) is 0 Å². The van der Waals surface area contributed by atoms with E-state index < -0.39 is 21.7 Å². The number of nitro groups is 2. The number of nitrogens with two attached hydrogens (primary N) is 3. The Morgan fingerprint density at radius 1 is 0.935 bits per heavy atom. The van der Waals surface area contributed by atoms with Crippen LogP contribution in [0.1, 0.15) is 45.0 Å². The maximum atomic E-state index is 11.9. The summed E-state index contributed by atoms with van der Waals surface area (Å²) in [6, 6.07) is 8.86. The molecule has 0 bridgehead atoms. The fourth-order valence-electron chi connectivity index (χ4n) is 3.35. The lowest BCUT2D eigenvalue weighted by Crippen LogP contribution is -2.27. The molecule has 1 amide bonds. The largest absolute Gasteiger partial charge is 0.389 e. The van der Waals surface area contributed by atoms with Crippen LogP contribution < -0.4 is 17.2 Å². The summed E-state index contributed by atoms with van der Waals surface area (Å²) in [5.41, 5.74) is 18.7. The smallest absolute Gasteiger partial charge is 0.269 e. The van der Waals surface area contributed by atoms with Crippen LogP contribution in [0.4, 0.5) is 5.69 Å². The van der Waals surface area contributed by atoms with E-state index in [4.69, 9.17) is 41.6 Å². The van der Waals surface area contributed by atoms with Gasteiger partial charge in [-0.15, -0.1) is 0 Å². The maximum absolute atomic E-state index is 11.9. The van der Waals surface area contributed by atoms with Crippen molar-refractivity contribution >= 4 is 46.0 Å². The van der Waals surface area contributed by atoms with E-state index in [0.717, 1.165) is 0 Å². The number of non-ortho nitro benzene ring substituents is 1. The molecule has 0 spiro atoms. The molecule has 0 saturated carbocycles. The first-order valence-electron chi connectivity index (χ1n) is 8.94. The lowest BCUT2D eigenvalue weighted by atomic mass is 9.83. The molecule has 2 rings (SSSR count). The standard InChI is InChI=1S/C19H19N5O5S2/c20-17(25)14-6-5-13(15(18(21)30)16(14)19(22)31)11(7-8-23(26)27)9-10-1-3-12(4-2-10)24(28)29/h1-6,11H,7-9H2,(H2,20,25)(H2,21,30)(H2,22,31). The van der Waals surface area contributed by atoms with Gasteiger partial charge >= 0.3 is 0 Å². The number of carbonyl (C=O) groups is 1. The number of rotatable bonds is 10. The van der Waals surface area contributed by atoms with Gasteiger partial charge in [0.1, 0.15) is 9.98 Å². The van der Waals surface area contributed by atoms with Crippen molar-refractivity contribution < 1.29 is 14.6 Å². The zero-order valence-corrected chi connectivity index (χ0v) is 17.8. The van der Waals surface area contributed by atoms with Gasteiger partial charge in [-0.05, 0) is 29.5 Å². The summed E-state index contributed by atoms with van der Waals surface area (Å²) in [7, 11) is 0. The molecule has 0 heterocycles. The van der Waals surface area contributed by atoms with Crippen molar-refractivity contribution in [2.75, 3.05) is 6.54 Å². The molecule has 2 aromatic carbocycles. The Hall–Kier alpha value is -3.51. The van der Waals surface area contributed by atoms with E-state index in [1.165, 1.54) is 18.2 Å². The van der Waals surface area contributed by atoms with Crippen molar-refractivity contribution in [1.29, 1.82) is 0 Å². The average Bonchev–Trinajstić information content (AvgIpc) is 2.69. The molecule has 10 nitrogen and oxygen atoms in total. The van der Waals surface area contributed by atoms with Crippen LogP contribution >= 0.6 is 24.4 Å². The summed E-state index contributed by atoms with van der Waals surface area (Å²) in [4.78, 5) is 32.6. The minimum absolute atomic E-state index is 0.0439. The van der Waals surface area contributed by atoms with E-state index in [1.807, 2.05) is 0 Å². The summed E-state index contributed by atoms with van der Waals surface area (Å²) in [5, 5.41) is 21.9. The maximum Gasteiger partial charge on any atom is 0.269 e. The van der Waals surface area contributed by atoms with Crippen LogP contribution in [0.25, 0.3) is 0 Å². The lowest BCUT2D eigenvalue weighted by molar-refractivity contribution is -0.480. The van der Waals surface area contributed by atoms with Crippen LogP contribution in [0, 0.1) is 20.2 Å². The van der Waals surface area contributed by atoms with E-state index in [9.17, 15) is 25.0 Å². The number of hydrogen-bond acceptors (Lipinski definition) is 7. The van der Waals surface area contributed by atoms with Gasteiger partial charge in [0.15, 0.2) is 0 Å². The zero-order chi connectivity index (χ0) is 23.3. The third-order valence-corrected chi connectivity index (χ3v) is 5.13. The molecular weight excluding hydrogens is 442 g/mol. The Balaban J connectivity index is 2.61. The highest BCUT2D eigenvalue weighted by atomic mass is 32.1. The average molecular weight is 462 g/mol. The number of nitro benzene ring substituents is 1. The van der Waals surface area contributed by atoms with Crippen LogP contribution in [0.5, 0.6) is 0 Å². The molecule has 0 saturated heterocycles. The van der Waals surface area contributed by atoms with Gasteiger partial charge in [-0.2, -0.15) is 0 Å². The number of hydrogen-bond donors (Lipinski definition) is 3. The second-order valence-electron chi connectivity index (χ2n) is 6.71. The molecule has 0 radical (unpaired) electrons. The topological polar surface area (TPSA) is 181 Å². The van der Waals surface area contributed by atoms with E-state index in [-0.39, 0.29) is 45.3 Å². The summed E-state index contributed by atoms with van der Waals surface area (Å²) >= 11 is 10.2. The van der Waals surface area contributed by atoms with E-state index in [1.54, 1.807) is 18.2 Å². The Morgan fingerprint density at radius 3 is 1.97 bits per heavy atom. The fraction of sp³-hybridized carbons (Fsp3) is 0.211. The molecule has 0 aromatic heterocycles. The zero-order valence-electron chi connectivity index (χ0n) is 16.1. The monoisotopic (exact) mass is 461 g/mol. The number of thiocarbonyl (C=S) groups is 2. The second kappa shape index (κ2) is 10.00. The molecule has 0 aliphatic carbocycles. The van der Waals surface area contributed by atoms with Gasteiger partial charge in [-0.25, -0.2) is 0 Å². The third-order valence-electron chi connectivity index (χ3n) is 4.73. The first kappa shape index (κ1) is 23.8. The number of benzene rings is 2. The van der Waals surface area contributed by atoms with Crippen LogP contribution in [0.2, 0.25) is 0 Å². The first-order chi connectivity index (χ1) is 14.5. The van der Waals surface area contributed by atoms with Crippen LogP contribution in [0.15, 0.2) is 36.4 Å². The molecule has 12 heteroatoms. The van der Waals surface area contributed by atoms with Gasteiger partial charge in [0.05, 0.1) is 4.92 Å². The highest BCUT2D eigenvalue weighted by Gasteiger charge is 2.26. The Kier molecular flexibility index (Phi) is 7.67. The summed E-state index contributed by atoms with van der Waals surface area (Å²) in [6.45, 7) is -0.339. The van der Waals surface area contributed by atoms with Gasteiger partial charge in [-0.3, -0.25) is 25.0 Å². The third kappa shape index (κ3) is 5.77. The van der Waals surface area contributed by atoms with Crippen molar-refractivity contribution in [2.45, 2.75) is 18.8 Å². The van der Waals surface area contributed by atoms with Gasteiger partial charge in [0.2, 0.25) is 12.5 Å². The summed E-state index contributed by atoms with van der Waals surface area (Å²) in [6.07, 6.45) is 0.417. The molecule has 0 fully saturated rings. The van der Waals surface area contributed by atoms with Gasteiger partial charge in [-0.1, -0.05) is 42.6 Å². The van der Waals surface area contributed by atoms with Crippen molar-refractivity contribution in [1.82, 2.24) is 0 Å². The molecular formula is C19H19N5O5S2. The highest BCUT2D eigenvalue weighted by Crippen LogP contribution is 2.31. The molecule has 31 heavy (non-hydrogen) atoms. The Labute approximate surface area is 187 Å². The molecule has 1 atom stereocenters. The molecule has 2 aromatic rings. The van der Waals surface area contributed by atoms with Crippen molar-refractivity contribution in [2.24, 2.45) is 17.2 Å². The molecule has 1 unspecified atom stereocenters. The second-order valence-corrected chi connectivity index (χ2v) is 7.59. The van der Waals surface area contributed by atoms with E-state index in [2.05, 4.69) is 0 Å². The van der Waals surface area contributed by atoms with E-state index in [0.29, 0.717) is 17.5 Å². The number of carbonyl (C=O) groups excluding carboxylic acids is 1. The normalized spacial score (nSPS) is 11.5.